The zero-order valence-electron chi connectivity index (χ0n) is 22.6. The van der Waals surface area contributed by atoms with Gasteiger partial charge in [0.05, 0.1) is 22.4 Å². The minimum atomic E-state index is -5.02. The Morgan fingerprint density at radius 2 is 1.69 bits per heavy atom. The Morgan fingerprint density at radius 1 is 1.07 bits per heavy atom. The maximum absolute atomic E-state index is 13.4. The summed E-state index contributed by atoms with van der Waals surface area (Å²) >= 11 is 1.32. The summed E-state index contributed by atoms with van der Waals surface area (Å²) < 4.78 is 85.3. The first-order chi connectivity index (χ1) is 19.4. The van der Waals surface area contributed by atoms with Crippen molar-refractivity contribution >= 4 is 23.2 Å². The van der Waals surface area contributed by atoms with Gasteiger partial charge < -0.3 is 14.5 Å². The number of halogens is 6. The molecular weight excluding hydrogens is 594 g/mol. The number of hydrogen-bond acceptors (Lipinski definition) is 8. The van der Waals surface area contributed by atoms with Crippen LogP contribution in [-0.4, -0.2) is 49.8 Å². The SMILES string of the molecule is CC(C)(C)C(c1noc(-c2cccs2)n1)N(CCCc1cc(C(F)(F)F)cc(C(F)(F)F)c1)C(=O)C[C@H](O)C(=O)NO. The smallest absolute Gasteiger partial charge is 0.383 e. The van der Waals surface area contributed by atoms with Crippen LogP contribution in [0.15, 0.2) is 40.2 Å². The highest BCUT2D eigenvalue weighted by atomic mass is 32.1. The van der Waals surface area contributed by atoms with Crippen molar-refractivity contribution in [3.05, 3.63) is 58.2 Å². The number of benzene rings is 1. The van der Waals surface area contributed by atoms with Crippen LogP contribution in [0.3, 0.4) is 0 Å². The summed E-state index contributed by atoms with van der Waals surface area (Å²) in [5, 5.41) is 24.7. The van der Waals surface area contributed by atoms with E-state index in [2.05, 4.69) is 10.1 Å². The second kappa shape index (κ2) is 12.8. The highest BCUT2D eigenvalue weighted by molar-refractivity contribution is 7.13. The van der Waals surface area contributed by atoms with Crippen molar-refractivity contribution in [3.8, 4) is 10.8 Å². The number of aryl methyl sites for hydroxylation is 1. The molecule has 2 atom stereocenters. The van der Waals surface area contributed by atoms with Gasteiger partial charge in [-0.25, -0.2) is 5.48 Å². The van der Waals surface area contributed by atoms with Crippen LogP contribution >= 0.6 is 11.3 Å². The zero-order valence-corrected chi connectivity index (χ0v) is 23.4. The molecule has 230 valence electrons. The molecule has 1 unspecified atom stereocenters. The van der Waals surface area contributed by atoms with E-state index in [4.69, 9.17) is 9.73 Å². The van der Waals surface area contributed by atoms with Gasteiger partial charge >= 0.3 is 12.4 Å². The van der Waals surface area contributed by atoms with Crippen molar-refractivity contribution in [2.24, 2.45) is 5.41 Å². The molecule has 42 heavy (non-hydrogen) atoms. The molecule has 0 bridgehead atoms. The molecule has 3 N–H and O–H groups in total. The molecule has 0 fully saturated rings. The number of aromatic nitrogens is 2. The number of nitrogens with zero attached hydrogens (tertiary/aromatic N) is 3. The van der Waals surface area contributed by atoms with E-state index < -0.39 is 59.3 Å². The number of aliphatic hydroxyl groups is 1. The molecule has 3 rings (SSSR count). The summed E-state index contributed by atoms with van der Waals surface area (Å²) in [7, 11) is 0. The number of hydroxylamine groups is 1. The minimum Gasteiger partial charge on any atom is -0.383 e. The Morgan fingerprint density at radius 3 is 2.19 bits per heavy atom. The molecule has 0 radical (unpaired) electrons. The number of hydrogen-bond donors (Lipinski definition) is 3. The summed E-state index contributed by atoms with van der Waals surface area (Å²) in [6, 6.07) is 3.79. The molecule has 2 heterocycles. The van der Waals surface area contributed by atoms with Crippen molar-refractivity contribution in [3.63, 3.8) is 0 Å². The van der Waals surface area contributed by atoms with E-state index in [1.807, 2.05) is 0 Å². The first-order valence-corrected chi connectivity index (χ1v) is 13.4. The number of nitrogens with one attached hydrogen (secondary N) is 1. The summed E-state index contributed by atoms with van der Waals surface area (Å²) in [6.07, 6.45) is -13.2. The lowest BCUT2D eigenvalue weighted by Gasteiger charge is -2.38. The average Bonchev–Trinajstić information content (AvgIpc) is 3.58. The number of alkyl halides is 6. The van der Waals surface area contributed by atoms with Crippen LogP contribution < -0.4 is 5.48 Å². The van der Waals surface area contributed by atoms with Crippen LogP contribution in [0.25, 0.3) is 10.8 Å². The number of amides is 2. The molecule has 0 aliphatic rings. The number of carbonyl (C=O) groups is 2. The largest absolute Gasteiger partial charge is 0.416 e. The van der Waals surface area contributed by atoms with Gasteiger partial charge in [0.2, 0.25) is 5.91 Å². The fraction of sp³-hybridized carbons (Fsp3) is 0.462. The molecule has 0 spiro atoms. The van der Waals surface area contributed by atoms with Gasteiger partial charge in [0, 0.05) is 6.54 Å². The lowest BCUT2D eigenvalue weighted by atomic mass is 9.84. The predicted octanol–water partition coefficient (Wildman–Crippen LogP) is 5.64. The maximum atomic E-state index is 13.4. The van der Waals surface area contributed by atoms with E-state index in [0.717, 1.165) is 0 Å². The minimum absolute atomic E-state index is 0.0317. The monoisotopic (exact) mass is 622 g/mol. The van der Waals surface area contributed by atoms with Crippen molar-refractivity contribution in [2.75, 3.05) is 6.54 Å². The first-order valence-electron chi connectivity index (χ1n) is 12.5. The molecule has 2 aromatic heterocycles. The van der Waals surface area contributed by atoms with Crippen LogP contribution in [-0.2, 0) is 28.4 Å². The lowest BCUT2D eigenvalue weighted by Crippen LogP contribution is -2.45. The fourth-order valence-electron chi connectivity index (χ4n) is 4.31. The van der Waals surface area contributed by atoms with Crippen molar-refractivity contribution in [1.29, 1.82) is 0 Å². The summed E-state index contributed by atoms with van der Waals surface area (Å²) in [4.78, 5) is 31.3. The summed E-state index contributed by atoms with van der Waals surface area (Å²) in [6.45, 7) is 4.98. The number of rotatable bonds is 10. The van der Waals surface area contributed by atoms with Gasteiger partial charge in [-0.2, -0.15) is 31.3 Å². The van der Waals surface area contributed by atoms with E-state index >= 15 is 0 Å². The van der Waals surface area contributed by atoms with Gasteiger partial charge in [0.25, 0.3) is 11.8 Å². The Bertz CT molecular complexity index is 1340. The van der Waals surface area contributed by atoms with Crippen molar-refractivity contribution < 1.29 is 50.8 Å². The Hall–Kier alpha value is -3.50. The third kappa shape index (κ3) is 8.29. The van der Waals surface area contributed by atoms with Crippen molar-refractivity contribution in [2.45, 2.75) is 64.5 Å². The van der Waals surface area contributed by atoms with Gasteiger partial charge in [0.1, 0.15) is 12.1 Å². The number of thiophene rings is 1. The Kier molecular flexibility index (Phi) is 10.1. The molecule has 1 aromatic carbocycles. The molecule has 0 aliphatic carbocycles. The van der Waals surface area contributed by atoms with Crippen molar-refractivity contribution in [1.82, 2.24) is 20.5 Å². The zero-order chi connectivity index (χ0) is 31.5. The first kappa shape index (κ1) is 33.0. The summed E-state index contributed by atoms with van der Waals surface area (Å²) in [5.41, 5.74) is -2.75. The second-order valence-corrected chi connectivity index (χ2v) is 11.5. The normalized spacial score (nSPS) is 14.0. The molecule has 3 aromatic rings. The van der Waals surface area contributed by atoms with Gasteiger partial charge in [-0.05, 0) is 53.5 Å². The predicted molar refractivity (Wildman–Crippen MR) is 137 cm³/mol. The quantitative estimate of drug-likeness (QED) is 0.152. The van der Waals surface area contributed by atoms with E-state index in [-0.39, 0.29) is 42.7 Å². The van der Waals surface area contributed by atoms with Crippen LogP contribution in [0.1, 0.15) is 62.2 Å². The highest BCUT2D eigenvalue weighted by Gasteiger charge is 2.40. The maximum Gasteiger partial charge on any atom is 0.416 e. The van der Waals surface area contributed by atoms with Crippen LogP contribution in [0.5, 0.6) is 0 Å². The van der Waals surface area contributed by atoms with E-state index in [0.29, 0.717) is 17.0 Å². The van der Waals surface area contributed by atoms with Crippen LogP contribution in [0, 0.1) is 5.41 Å². The molecule has 0 saturated heterocycles. The third-order valence-electron chi connectivity index (χ3n) is 6.16. The molecule has 0 aliphatic heterocycles. The number of carbonyl (C=O) groups excluding carboxylic acids is 2. The molecule has 2 amide bonds. The topological polar surface area (TPSA) is 129 Å². The van der Waals surface area contributed by atoms with Crippen LogP contribution in [0.2, 0.25) is 0 Å². The van der Waals surface area contributed by atoms with Gasteiger partial charge in [-0.1, -0.05) is 32.0 Å². The number of aliphatic hydroxyl groups excluding tert-OH is 1. The molecular formula is C26H28F6N4O5S. The van der Waals surface area contributed by atoms with Gasteiger partial charge in [-0.3, -0.25) is 14.8 Å². The van der Waals surface area contributed by atoms with E-state index in [9.17, 15) is 41.0 Å². The average molecular weight is 623 g/mol. The lowest BCUT2D eigenvalue weighted by molar-refractivity contribution is -0.146. The molecule has 9 nitrogen and oxygen atoms in total. The fourth-order valence-corrected chi connectivity index (χ4v) is 4.95. The highest BCUT2D eigenvalue weighted by Crippen LogP contribution is 2.39. The Balaban J connectivity index is 1.96. The second-order valence-electron chi connectivity index (χ2n) is 10.5. The van der Waals surface area contributed by atoms with Gasteiger partial charge in [-0.15, -0.1) is 11.3 Å². The summed E-state index contributed by atoms with van der Waals surface area (Å²) in [5.74, 6) is -1.85. The van der Waals surface area contributed by atoms with E-state index in [1.165, 1.54) is 21.7 Å². The molecule has 16 heteroatoms. The standard InChI is InChI=1S/C26H28F6N4O5S/c1-24(2,3)20(21-33-23(41-35-21)18-7-5-9-42-18)36(19(38)13-17(37)22(39)34-40)8-4-6-14-10-15(25(27,28)29)12-16(11-14)26(30,31)32/h5,7,9-12,17,20,37,40H,4,6,8,13H2,1-3H3,(H,34,39)/t17-,20?/m0/s1. The third-order valence-corrected chi connectivity index (χ3v) is 7.02. The van der Waals surface area contributed by atoms with E-state index in [1.54, 1.807) is 38.3 Å². The van der Waals surface area contributed by atoms with Gasteiger partial charge in [0.15, 0.2) is 5.82 Å². The van der Waals surface area contributed by atoms with Crippen LogP contribution in [0.4, 0.5) is 26.3 Å². The Labute approximate surface area is 240 Å². The molecule has 0 saturated carbocycles.